The normalized spacial score (nSPS) is 10.4. The minimum atomic E-state index is -0.286. The molecule has 0 radical (unpaired) electrons. The lowest BCUT2D eigenvalue weighted by Gasteiger charge is -2.21. The topological polar surface area (TPSA) is 84.7 Å². The van der Waals surface area contributed by atoms with Crippen molar-refractivity contribution < 1.29 is 18.8 Å². The van der Waals surface area contributed by atoms with E-state index in [1.165, 1.54) is 6.26 Å². The van der Waals surface area contributed by atoms with E-state index in [0.717, 1.165) is 12.8 Å². The number of nitrogens with zero attached hydrogens (tertiary/aromatic N) is 2. The van der Waals surface area contributed by atoms with Crippen LogP contribution in [0.1, 0.15) is 32.6 Å². The van der Waals surface area contributed by atoms with Crippen molar-refractivity contribution >= 4 is 17.6 Å². The summed E-state index contributed by atoms with van der Waals surface area (Å²) in [5, 5.41) is 6.19. The predicted molar refractivity (Wildman–Crippen MR) is 77.7 cm³/mol. The molecule has 7 heteroatoms. The third-order valence-electron chi connectivity index (χ3n) is 2.91. The molecule has 1 rings (SSSR count). The molecule has 0 saturated carbocycles. The summed E-state index contributed by atoms with van der Waals surface area (Å²) >= 11 is 0. The monoisotopic (exact) mass is 297 g/mol. The fraction of sp³-hybridized carbons (Fsp3) is 0.643. The summed E-state index contributed by atoms with van der Waals surface area (Å²) < 4.78 is 9.62. The van der Waals surface area contributed by atoms with Gasteiger partial charge in [-0.1, -0.05) is 18.5 Å². The number of methoxy groups -OCH3 is 1. The number of rotatable bonds is 10. The highest BCUT2D eigenvalue weighted by atomic mass is 16.5. The Hall–Kier alpha value is -1.89. The summed E-state index contributed by atoms with van der Waals surface area (Å²) in [4.78, 5) is 25.6. The molecule has 0 spiro atoms. The van der Waals surface area contributed by atoms with Crippen molar-refractivity contribution in [1.82, 2.24) is 10.1 Å². The molecule has 1 N–H and O–H groups in total. The maximum atomic E-state index is 12.1. The van der Waals surface area contributed by atoms with Crippen LogP contribution in [-0.2, 0) is 14.3 Å². The van der Waals surface area contributed by atoms with Gasteiger partial charge in [-0.25, -0.2) is 0 Å². The molecule has 0 aliphatic heterocycles. The summed E-state index contributed by atoms with van der Waals surface area (Å²) in [5.41, 5.74) is 0. The van der Waals surface area contributed by atoms with Gasteiger partial charge in [0.2, 0.25) is 11.8 Å². The molecular weight excluding hydrogens is 274 g/mol. The van der Waals surface area contributed by atoms with Crippen LogP contribution in [-0.4, -0.2) is 48.7 Å². The molecule has 0 aromatic carbocycles. The zero-order valence-electron chi connectivity index (χ0n) is 12.6. The molecule has 1 aromatic heterocycles. The number of carbonyl (C=O) groups excluding carboxylic acids is 2. The first-order valence-electron chi connectivity index (χ1n) is 7.14. The van der Waals surface area contributed by atoms with Crippen LogP contribution in [0.15, 0.2) is 16.9 Å². The van der Waals surface area contributed by atoms with Gasteiger partial charge < -0.3 is 19.5 Å². The van der Waals surface area contributed by atoms with E-state index in [1.807, 2.05) is 6.92 Å². The summed E-state index contributed by atoms with van der Waals surface area (Å²) in [6.45, 7) is 3.10. The zero-order chi connectivity index (χ0) is 15.5. The first-order chi connectivity index (χ1) is 10.2. The molecule has 0 saturated heterocycles. The highest BCUT2D eigenvalue weighted by Gasteiger charge is 2.17. The largest absolute Gasteiger partial charge is 0.385 e. The first kappa shape index (κ1) is 17.2. The molecule has 0 unspecified atom stereocenters. The maximum Gasteiger partial charge on any atom is 0.245 e. The molecular formula is C14H23N3O4. The van der Waals surface area contributed by atoms with Gasteiger partial charge in [-0.2, -0.15) is 0 Å². The highest BCUT2D eigenvalue weighted by Crippen LogP contribution is 2.05. The predicted octanol–water partition coefficient (Wildman–Crippen LogP) is 1.67. The number of carbonyl (C=O) groups is 2. The smallest absolute Gasteiger partial charge is 0.245 e. The number of nitrogens with one attached hydrogen (secondary N) is 1. The molecule has 0 atom stereocenters. The Morgan fingerprint density at radius 2 is 2.24 bits per heavy atom. The van der Waals surface area contributed by atoms with Crippen LogP contribution >= 0.6 is 0 Å². The maximum absolute atomic E-state index is 12.1. The van der Waals surface area contributed by atoms with Crippen molar-refractivity contribution in [2.45, 2.75) is 32.6 Å². The third-order valence-corrected chi connectivity index (χ3v) is 2.91. The van der Waals surface area contributed by atoms with E-state index in [0.29, 0.717) is 31.8 Å². The third kappa shape index (κ3) is 6.89. The number of hydrogen-bond donors (Lipinski definition) is 1. The quantitative estimate of drug-likeness (QED) is 0.664. The Labute approximate surface area is 124 Å². The van der Waals surface area contributed by atoms with Crippen LogP contribution in [0.25, 0.3) is 0 Å². The van der Waals surface area contributed by atoms with Crippen LogP contribution in [0.4, 0.5) is 5.82 Å². The Morgan fingerprint density at radius 3 is 2.86 bits per heavy atom. The molecule has 0 bridgehead atoms. The van der Waals surface area contributed by atoms with Gasteiger partial charge in [0.1, 0.15) is 6.26 Å². The highest BCUT2D eigenvalue weighted by molar-refractivity contribution is 5.93. The van der Waals surface area contributed by atoms with Gasteiger partial charge in [-0.3, -0.25) is 9.59 Å². The Morgan fingerprint density at radius 1 is 1.43 bits per heavy atom. The number of hydrogen-bond acceptors (Lipinski definition) is 5. The second kappa shape index (κ2) is 9.93. The molecule has 0 aliphatic rings. The van der Waals surface area contributed by atoms with E-state index in [-0.39, 0.29) is 18.4 Å². The van der Waals surface area contributed by atoms with Crippen LogP contribution in [0.2, 0.25) is 0 Å². The second-order valence-electron chi connectivity index (χ2n) is 4.70. The Bertz CT molecular complexity index is 420. The number of unbranched alkanes of at least 4 members (excludes halogenated alkanes) is 1. The summed E-state index contributed by atoms with van der Waals surface area (Å²) in [5.74, 6) is 0.0484. The Kier molecular flexibility index (Phi) is 8.11. The fourth-order valence-corrected chi connectivity index (χ4v) is 1.81. The minimum absolute atomic E-state index is 0.0109. The zero-order valence-corrected chi connectivity index (χ0v) is 12.6. The van der Waals surface area contributed by atoms with Gasteiger partial charge in [0, 0.05) is 32.7 Å². The van der Waals surface area contributed by atoms with Gasteiger partial charge in [0.25, 0.3) is 0 Å². The molecule has 0 aliphatic carbocycles. The van der Waals surface area contributed by atoms with E-state index in [9.17, 15) is 9.59 Å². The molecule has 1 heterocycles. The van der Waals surface area contributed by atoms with Crippen molar-refractivity contribution in [3.8, 4) is 0 Å². The van der Waals surface area contributed by atoms with Crippen LogP contribution in [0, 0.1) is 0 Å². The van der Waals surface area contributed by atoms with E-state index in [4.69, 9.17) is 4.74 Å². The van der Waals surface area contributed by atoms with E-state index >= 15 is 0 Å². The summed E-state index contributed by atoms with van der Waals surface area (Å²) in [7, 11) is 1.61. The number of ether oxygens (including phenoxy) is 1. The lowest BCUT2D eigenvalue weighted by atomic mass is 10.2. The lowest BCUT2D eigenvalue weighted by Crippen LogP contribution is -2.39. The minimum Gasteiger partial charge on any atom is -0.385 e. The molecule has 0 fully saturated rings. The van der Waals surface area contributed by atoms with Gasteiger partial charge in [0.05, 0.1) is 6.54 Å². The van der Waals surface area contributed by atoms with Gasteiger partial charge in [-0.05, 0) is 12.8 Å². The summed E-state index contributed by atoms with van der Waals surface area (Å²) in [6, 6.07) is 1.55. The average molecular weight is 297 g/mol. The van der Waals surface area contributed by atoms with E-state index in [2.05, 4.69) is 15.0 Å². The van der Waals surface area contributed by atoms with Crippen LogP contribution < -0.4 is 5.32 Å². The molecule has 118 valence electrons. The molecule has 21 heavy (non-hydrogen) atoms. The Balaban J connectivity index is 2.49. The van der Waals surface area contributed by atoms with Crippen molar-refractivity contribution in [3.63, 3.8) is 0 Å². The number of amides is 2. The van der Waals surface area contributed by atoms with Crippen LogP contribution in [0.5, 0.6) is 0 Å². The van der Waals surface area contributed by atoms with E-state index < -0.39 is 0 Å². The standard InChI is InChI=1S/C14H23N3O4/c1-3-4-6-14(19)17(8-5-9-20-2)11-13(18)15-12-7-10-21-16-12/h7,10H,3-6,8-9,11H2,1-2H3,(H,15,16,18). The van der Waals surface area contributed by atoms with E-state index in [1.54, 1.807) is 18.1 Å². The van der Waals surface area contributed by atoms with Crippen molar-refractivity contribution in [2.24, 2.45) is 0 Å². The fourth-order valence-electron chi connectivity index (χ4n) is 1.81. The summed E-state index contributed by atoms with van der Waals surface area (Å²) in [6.07, 6.45) is 4.30. The average Bonchev–Trinajstić information content (AvgIpc) is 2.96. The molecule has 2 amide bonds. The SMILES string of the molecule is CCCCC(=O)N(CCCOC)CC(=O)Nc1ccon1. The molecule has 7 nitrogen and oxygen atoms in total. The molecule has 1 aromatic rings. The van der Waals surface area contributed by atoms with Crippen LogP contribution in [0.3, 0.4) is 0 Å². The number of anilines is 1. The van der Waals surface area contributed by atoms with Crippen molar-refractivity contribution in [2.75, 3.05) is 32.1 Å². The van der Waals surface area contributed by atoms with Gasteiger partial charge in [0.15, 0.2) is 5.82 Å². The number of aromatic nitrogens is 1. The van der Waals surface area contributed by atoms with Crippen molar-refractivity contribution in [1.29, 1.82) is 0 Å². The first-order valence-corrected chi connectivity index (χ1v) is 7.14. The lowest BCUT2D eigenvalue weighted by molar-refractivity contribution is -0.135. The van der Waals surface area contributed by atoms with Gasteiger partial charge in [-0.15, -0.1) is 0 Å². The van der Waals surface area contributed by atoms with Crippen molar-refractivity contribution in [3.05, 3.63) is 12.3 Å². The van der Waals surface area contributed by atoms with Gasteiger partial charge >= 0.3 is 0 Å². The second-order valence-corrected chi connectivity index (χ2v) is 4.70.